The molecular weight excluding hydrogens is 340 g/mol. The van der Waals surface area contributed by atoms with E-state index < -0.39 is 5.97 Å². The van der Waals surface area contributed by atoms with Crippen LogP contribution < -0.4 is 0 Å². The first-order valence-corrected chi connectivity index (χ1v) is 9.20. The molecular formula is C17H22N4O3S. The molecule has 3 rings (SSSR count). The fraction of sp³-hybridized carbons (Fsp3) is 0.529. The van der Waals surface area contributed by atoms with Gasteiger partial charge in [-0.1, -0.05) is 0 Å². The number of likely N-dealkylation sites (tertiary alicyclic amines) is 1. The van der Waals surface area contributed by atoms with E-state index in [0.717, 1.165) is 40.7 Å². The number of carbonyl (C=O) groups excluding carboxylic acids is 1. The molecule has 1 amide bonds. The number of carbonyl (C=O) groups is 2. The highest BCUT2D eigenvalue weighted by molar-refractivity contribution is 7.11. The van der Waals surface area contributed by atoms with E-state index in [1.165, 1.54) is 4.68 Å². The first-order valence-electron chi connectivity index (χ1n) is 8.38. The summed E-state index contributed by atoms with van der Waals surface area (Å²) in [6.07, 6.45) is 3.87. The van der Waals surface area contributed by atoms with Crippen LogP contribution in [0.5, 0.6) is 0 Å². The monoisotopic (exact) mass is 362 g/mol. The van der Waals surface area contributed by atoms with Crippen molar-refractivity contribution in [2.24, 2.45) is 0 Å². The van der Waals surface area contributed by atoms with Crippen molar-refractivity contribution in [3.05, 3.63) is 33.5 Å². The van der Waals surface area contributed by atoms with Gasteiger partial charge in [0.1, 0.15) is 6.54 Å². The molecule has 0 unspecified atom stereocenters. The Hall–Kier alpha value is -2.22. The zero-order chi connectivity index (χ0) is 18.0. The Bertz CT molecular complexity index is 783. The van der Waals surface area contributed by atoms with Gasteiger partial charge in [0.15, 0.2) is 0 Å². The van der Waals surface area contributed by atoms with Crippen molar-refractivity contribution in [2.45, 2.75) is 45.6 Å². The van der Waals surface area contributed by atoms with Crippen LogP contribution in [0.3, 0.4) is 0 Å². The van der Waals surface area contributed by atoms with Crippen molar-refractivity contribution in [1.29, 1.82) is 0 Å². The van der Waals surface area contributed by atoms with Gasteiger partial charge < -0.3 is 10.0 Å². The number of thiazole rings is 1. The Morgan fingerprint density at radius 1 is 1.40 bits per heavy atom. The number of aromatic nitrogens is 3. The Morgan fingerprint density at radius 2 is 2.20 bits per heavy atom. The van der Waals surface area contributed by atoms with E-state index in [9.17, 15) is 9.59 Å². The normalized spacial score (nSPS) is 17.7. The van der Waals surface area contributed by atoms with Crippen molar-refractivity contribution in [2.75, 3.05) is 13.1 Å². The molecule has 7 nitrogen and oxygen atoms in total. The van der Waals surface area contributed by atoms with Crippen molar-refractivity contribution >= 4 is 23.2 Å². The van der Waals surface area contributed by atoms with E-state index in [1.54, 1.807) is 17.5 Å². The number of aliphatic carboxylic acids is 1. The van der Waals surface area contributed by atoms with Crippen molar-refractivity contribution in [3.63, 3.8) is 0 Å². The highest BCUT2D eigenvalue weighted by atomic mass is 32.1. The van der Waals surface area contributed by atoms with E-state index in [2.05, 4.69) is 10.1 Å². The minimum atomic E-state index is -0.912. The number of rotatable bonds is 5. The molecule has 1 atom stereocenters. The smallest absolute Gasteiger partial charge is 0.325 e. The van der Waals surface area contributed by atoms with Crippen molar-refractivity contribution in [1.82, 2.24) is 19.7 Å². The Balaban J connectivity index is 1.69. The number of aryl methyl sites for hydroxylation is 2. The summed E-state index contributed by atoms with van der Waals surface area (Å²) in [4.78, 5) is 31.0. The third kappa shape index (κ3) is 4.07. The molecule has 0 aliphatic carbocycles. The fourth-order valence-electron chi connectivity index (χ4n) is 3.38. The van der Waals surface area contributed by atoms with Crippen LogP contribution in [0, 0.1) is 13.8 Å². The molecule has 0 saturated carbocycles. The summed E-state index contributed by atoms with van der Waals surface area (Å²) in [7, 11) is 0. The zero-order valence-electron chi connectivity index (χ0n) is 14.4. The minimum Gasteiger partial charge on any atom is -0.480 e. The van der Waals surface area contributed by atoms with Gasteiger partial charge in [-0.15, -0.1) is 11.3 Å². The lowest BCUT2D eigenvalue weighted by molar-refractivity contribution is -0.138. The molecule has 2 aromatic rings. The van der Waals surface area contributed by atoms with Crippen molar-refractivity contribution < 1.29 is 14.7 Å². The Kier molecular flexibility index (Phi) is 5.17. The summed E-state index contributed by atoms with van der Waals surface area (Å²) in [6.45, 7) is 5.11. The molecule has 1 saturated heterocycles. The average Bonchev–Trinajstić information content (AvgIpc) is 3.13. The molecule has 0 bridgehead atoms. The molecule has 8 heteroatoms. The number of hydrogen-bond acceptors (Lipinski definition) is 5. The standard InChI is InChI=1S/C17H22N4O3S/c1-11-15(25-12(2)19-11)8-16(22)20-7-3-4-13(9-20)14-5-6-18-21(14)10-17(23)24/h5-6,13H,3-4,7-10H2,1-2H3,(H,23,24)/t13-/m1/s1. The van der Waals surface area contributed by atoms with Crippen LogP contribution in [0.4, 0.5) is 0 Å². The van der Waals surface area contributed by atoms with Gasteiger partial charge in [0.2, 0.25) is 5.91 Å². The van der Waals surface area contributed by atoms with Gasteiger partial charge in [0.25, 0.3) is 0 Å². The van der Waals surface area contributed by atoms with Gasteiger partial charge in [-0.3, -0.25) is 14.3 Å². The number of amides is 1. The maximum Gasteiger partial charge on any atom is 0.325 e. The molecule has 0 radical (unpaired) electrons. The maximum absolute atomic E-state index is 12.7. The van der Waals surface area contributed by atoms with Gasteiger partial charge >= 0.3 is 5.97 Å². The van der Waals surface area contributed by atoms with Crippen LogP contribution in [-0.4, -0.2) is 49.7 Å². The molecule has 1 N–H and O–H groups in total. The lowest BCUT2D eigenvalue weighted by Crippen LogP contribution is -2.40. The predicted octanol–water partition coefficient (Wildman–Crippen LogP) is 1.99. The average molecular weight is 362 g/mol. The van der Waals surface area contributed by atoms with Crippen LogP contribution in [-0.2, 0) is 22.6 Å². The van der Waals surface area contributed by atoms with E-state index in [4.69, 9.17) is 5.11 Å². The Morgan fingerprint density at radius 3 is 2.88 bits per heavy atom. The molecule has 0 aromatic carbocycles. The summed E-state index contributed by atoms with van der Waals surface area (Å²) in [6, 6.07) is 1.86. The molecule has 0 spiro atoms. The molecule has 1 aliphatic rings. The number of nitrogens with zero attached hydrogens (tertiary/aromatic N) is 4. The van der Waals surface area contributed by atoms with Gasteiger partial charge in [-0.2, -0.15) is 5.10 Å². The lowest BCUT2D eigenvalue weighted by atomic mass is 9.94. The third-order valence-corrected chi connectivity index (χ3v) is 5.61. The summed E-state index contributed by atoms with van der Waals surface area (Å²) in [5.41, 5.74) is 1.83. The third-order valence-electron chi connectivity index (χ3n) is 4.54. The molecule has 1 fully saturated rings. The summed E-state index contributed by atoms with van der Waals surface area (Å²) in [5.74, 6) is -0.672. The summed E-state index contributed by atoms with van der Waals surface area (Å²) >= 11 is 1.58. The largest absolute Gasteiger partial charge is 0.480 e. The van der Waals surface area contributed by atoms with Gasteiger partial charge in [0.05, 0.1) is 17.1 Å². The second-order valence-corrected chi connectivity index (χ2v) is 7.69. The van der Waals surface area contributed by atoms with E-state index >= 15 is 0 Å². The molecule has 25 heavy (non-hydrogen) atoms. The number of hydrogen-bond donors (Lipinski definition) is 1. The van der Waals surface area contributed by atoms with Crippen LogP contribution in [0.1, 0.15) is 40.0 Å². The highest BCUT2D eigenvalue weighted by Gasteiger charge is 2.27. The highest BCUT2D eigenvalue weighted by Crippen LogP contribution is 2.28. The summed E-state index contributed by atoms with van der Waals surface area (Å²) in [5, 5.41) is 14.1. The molecule has 2 aromatic heterocycles. The topological polar surface area (TPSA) is 88.3 Å². The number of carboxylic acids is 1. The van der Waals surface area contributed by atoms with Crippen LogP contribution in [0.15, 0.2) is 12.3 Å². The lowest BCUT2D eigenvalue weighted by Gasteiger charge is -2.33. The zero-order valence-corrected chi connectivity index (χ0v) is 15.3. The van der Waals surface area contributed by atoms with Crippen molar-refractivity contribution in [3.8, 4) is 0 Å². The van der Waals surface area contributed by atoms with E-state index in [-0.39, 0.29) is 18.4 Å². The first-order chi connectivity index (χ1) is 11.9. The van der Waals surface area contributed by atoms with E-state index in [1.807, 2.05) is 24.8 Å². The number of piperidine rings is 1. The maximum atomic E-state index is 12.7. The molecule has 3 heterocycles. The van der Waals surface area contributed by atoms with Crippen LogP contribution in [0.2, 0.25) is 0 Å². The number of carboxylic acid groups (broad SMARTS) is 1. The van der Waals surface area contributed by atoms with Gasteiger partial charge in [-0.25, -0.2) is 4.98 Å². The predicted molar refractivity (Wildman–Crippen MR) is 93.7 cm³/mol. The molecule has 134 valence electrons. The quantitative estimate of drug-likeness (QED) is 0.879. The Labute approximate surface area is 150 Å². The van der Waals surface area contributed by atoms with Crippen LogP contribution >= 0.6 is 11.3 Å². The minimum absolute atomic E-state index is 0.112. The van der Waals surface area contributed by atoms with Gasteiger partial charge in [-0.05, 0) is 32.8 Å². The van der Waals surface area contributed by atoms with Gasteiger partial charge in [0, 0.05) is 35.8 Å². The second kappa shape index (κ2) is 7.35. The first kappa shape index (κ1) is 17.6. The second-order valence-electron chi connectivity index (χ2n) is 6.40. The SMILES string of the molecule is Cc1nc(C)c(CC(=O)N2CCC[C@@H](c3ccnn3CC(=O)O)C2)s1. The summed E-state index contributed by atoms with van der Waals surface area (Å²) < 4.78 is 1.53. The van der Waals surface area contributed by atoms with E-state index in [0.29, 0.717) is 13.0 Å². The molecule has 1 aliphatic heterocycles. The fourth-order valence-corrected chi connectivity index (χ4v) is 4.31. The van der Waals surface area contributed by atoms with Crippen LogP contribution in [0.25, 0.3) is 0 Å².